The number of benzene rings is 1. The molecule has 1 aliphatic heterocycles. The summed E-state index contributed by atoms with van der Waals surface area (Å²) in [4.78, 5) is 0. The molecule has 1 aromatic rings. The number of ether oxygens (including phenoxy) is 1. The van der Waals surface area contributed by atoms with Gasteiger partial charge in [0.2, 0.25) is 0 Å². The highest BCUT2D eigenvalue weighted by Crippen LogP contribution is 2.39. The SMILES string of the molecule is CC(SCC1(CO)COC1)c1ccc(Cl)cc1Cl. The minimum atomic E-state index is -0.0577. The largest absolute Gasteiger partial charge is 0.396 e. The standard InChI is InChI=1S/C13H16Cl2O2S/c1-9(11-3-2-10(14)4-12(11)15)18-8-13(5-16)6-17-7-13/h2-4,9,16H,5-8H2,1H3. The molecule has 1 saturated heterocycles. The van der Waals surface area contributed by atoms with Gasteiger partial charge in [0, 0.05) is 26.5 Å². The van der Waals surface area contributed by atoms with Gasteiger partial charge in [-0.3, -0.25) is 0 Å². The molecular weight excluding hydrogens is 291 g/mol. The van der Waals surface area contributed by atoms with E-state index in [2.05, 4.69) is 6.92 Å². The van der Waals surface area contributed by atoms with Crippen LogP contribution >= 0.6 is 35.0 Å². The third-order valence-corrected chi connectivity index (χ3v) is 5.29. The van der Waals surface area contributed by atoms with Crippen molar-refractivity contribution in [2.24, 2.45) is 5.41 Å². The first-order valence-electron chi connectivity index (χ1n) is 5.81. The Morgan fingerprint density at radius 2 is 2.17 bits per heavy atom. The predicted molar refractivity (Wildman–Crippen MR) is 77.7 cm³/mol. The molecule has 1 atom stereocenters. The van der Waals surface area contributed by atoms with Gasteiger partial charge in [-0.2, -0.15) is 11.8 Å². The monoisotopic (exact) mass is 306 g/mol. The van der Waals surface area contributed by atoms with E-state index in [1.165, 1.54) is 0 Å². The average Bonchev–Trinajstić information content (AvgIpc) is 2.27. The highest BCUT2D eigenvalue weighted by Gasteiger charge is 2.38. The Labute approximate surface area is 122 Å². The van der Waals surface area contributed by atoms with Gasteiger partial charge in [0.1, 0.15) is 0 Å². The van der Waals surface area contributed by atoms with Crippen LogP contribution in [0.5, 0.6) is 0 Å². The first kappa shape index (κ1) is 14.5. The molecule has 0 aliphatic carbocycles. The molecule has 18 heavy (non-hydrogen) atoms. The van der Waals surface area contributed by atoms with Gasteiger partial charge >= 0.3 is 0 Å². The maximum Gasteiger partial charge on any atom is 0.0575 e. The molecule has 0 radical (unpaired) electrons. The van der Waals surface area contributed by atoms with Crippen molar-refractivity contribution in [3.63, 3.8) is 0 Å². The van der Waals surface area contributed by atoms with E-state index in [9.17, 15) is 5.11 Å². The second-order valence-corrected chi connectivity index (χ2v) is 6.94. The normalized spacial score (nSPS) is 19.3. The van der Waals surface area contributed by atoms with E-state index in [1.807, 2.05) is 12.1 Å². The zero-order valence-electron chi connectivity index (χ0n) is 10.2. The Balaban J connectivity index is 1.97. The van der Waals surface area contributed by atoms with Crippen LogP contribution in [0.2, 0.25) is 10.0 Å². The molecular formula is C13H16Cl2O2S. The van der Waals surface area contributed by atoms with Gasteiger partial charge in [0.25, 0.3) is 0 Å². The van der Waals surface area contributed by atoms with E-state index >= 15 is 0 Å². The fourth-order valence-electron chi connectivity index (χ4n) is 1.83. The summed E-state index contributed by atoms with van der Waals surface area (Å²) >= 11 is 13.9. The average molecular weight is 307 g/mol. The van der Waals surface area contributed by atoms with Crippen LogP contribution in [0.15, 0.2) is 18.2 Å². The summed E-state index contributed by atoms with van der Waals surface area (Å²) in [6.07, 6.45) is 0. The van der Waals surface area contributed by atoms with Gasteiger partial charge in [-0.15, -0.1) is 0 Å². The lowest BCUT2D eigenvalue weighted by Crippen LogP contribution is -2.47. The zero-order chi connectivity index (χ0) is 13.2. The van der Waals surface area contributed by atoms with Crippen molar-refractivity contribution in [2.75, 3.05) is 25.6 Å². The van der Waals surface area contributed by atoms with Gasteiger partial charge < -0.3 is 9.84 Å². The van der Waals surface area contributed by atoms with Crippen LogP contribution in [0, 0.1) is 5.41 Å². The molecule has 2 nitrogen and oxygen atoms in total. The van der Waals surface area contributed by atoms with E-state index in [-0.39, 0.29) is 17.3 Å². The lowest BCUT2D eigenvalue weighted by atomic mass is 9.90. The van der Waals surface area contributed by atoms with E-state index in [0.717, 1.165) is 11.3 Å². The highest BCUT2D eigenvalue weighted by molar-refractivity contribution is 7.99. The number of hydrogen-bond acceptors (Lipinski definition) is 3. The van der Waals surface area contributed by atoms with E-state index in [4.69, 9.17) is 27.9 Å². The summed E-state index contributed by atoms with van der Waals surface area (Å²) in [6, 6.07) is 5.59. The number of hydrogen-bond donors (Lipinski definition) is 1. The molecule has 0 aromatic heterocycles. The van der Waals surface area contributed by atoms with Crippen LogP contribution in [0.25, 0.3) is 0 Å². The molecule has 1 unspecified atom stereocenters. The van der Waals surface area contributed by atoms with Crippen molar-refractivity contribution >= 4 is 35.0 Å². The molecule has 0 amide bonds. The molecule has 0 bridgehead atoms. The van der Waals surface area contributed by atoms with Gasteiger partial charge in [-0.05, 0) is 24.6 Å². The Morgan fingerprint density at radius 3 is 2.67 bits per heavy atom. The van der Waals surface area contributed by atoms with Crippen LogP contribution in [0.4, 0.5) is 0 Å². The Bertz CT molecular complexity index is 416. The lowest BCUT2D eigenvalue weighted by molar-refractivity contribution is -0.121. The first-order chi connectivity index (χ1) is 8.56. The van der Waals surface area contributed by atoms with E-state index < -0.39 is 0 Å². The summed E-state index contributed by atoms with van der Waals surface area (Å²) in [5, 5.41) is 11.0. The predicted octanol–water partition coefficient (Wildman–Crippen LogP) is 3.80. The summed E-state index contributed by atoms with van der Waals surface area (Å²) in [6.45, 7) is 3.60. The number of thioether (sulfide) groups is 1. The molecule has 0 spiro atoms. The van der Waals surface area contributed by atoms with E-state index in [1.54, 1.807) is 17.8 Å². The number of rotatable bonds is 5. The van der Waals surface area contributed by atoms with Crippen LogP contribution in [-0.4, -0.2) is 30.7 Å². The van der Waals surface area contributed by atoms with Crippen LogP contribution in [0.1, 0.15) is 17.7 Å². The maximum atomic E-state index is 9.37. The summed E-state index contributed by atoms with van der Waals surface area (Å²) < 4.78 is 5.19. The van der Waals surface area contributed by atoms with Crippen LogP contribution < -0.4 is 0 Å². The number of aliphatic hydroxyl groups is 1. The Morgan fingerprint density at radius 1 is 1.44 bits per heavy atom. The third-order valence-electron chi connectivity index (χ3n) is 3.19. The smallest absolute Gasteiger partial charge is 0.0575 e. The van der Waals surface area contributed by atoms with Gasteiger partial charge in [-0.1, -0.05) is 29.3 Å². The minimum Gasteiger partial charge on any atom is -0.396 e. The molecule has 1 heterocycles. The Kier molecular flexibility index (Phi) is 4.84. The van der Waals surface area contributed by atoms with E-state index in [0.29, 0.717) is 23.3 Å². The minimum absolute atomic E-state index is 0.0577. The fourth-order valence-corrected chi connectivity index (χ4v) is 3.72. The summed E-state index contributed by atoms with van der Waals surface area (Å²) in [5.74, 6) is 0.879. The van der Waals surface area contributed by atoms with Crippen molar-refractivity contribution in [3.8, 4) is 0 Å². The van der Waals surface area contributed by atoms with Gasteiger partial charge in [-0.25, -0.2) is 0 Å². The third kappa shape index (κ3) is 3.14. The highest BCUT2D eigenvalue weighted by atomic mass is 35.5. The quantitative estimate of drug-likeness (QED) is 0.897. The summed E-state index contributed by atoms with van der Waals surface area (Å²) in [7, 11) is 0. The van der Waals surface area contributed by atoms with Gasteiger partial charge in [0.05, 0.1) is 19.8 Å². The first-order valence-corrected chi connectivity index (χ1v) is 7.62. The topological polar surface area (TPSA) is 29.5 Å². The summed E-state index contributed by atoms with van der Waals surface area (Å²) in [5.41, 5.74) is 1.03. The van der Waals surface area contributed by atoms with Crippen molar-refractivity contribution in [2.45, 2.75) is 12.2 Å². The van der Waals surface area contributed by atoms with Crippen LogP contribution in [0.3, 0.4) is 0 Å². The number of aliphatic hydroxyl groups excluding tert-OH is 1. The molecule has 5 heteroatoms. The molecule has 1 aliphatic rings. The van der Waals surface area contributed by atoms with Crippen molar-refractivity contribution in [1.82, 2.24) is 0 Å². The van der Waals surface area contributed by atoms with Crippen molar-refractivity contribution in [1.29, 1.82) is 0 Å². The molecule has 1 fully saturated rings. The second kappa shape index (κ2) is 6.02. The van der Waals surface area contributed by atoms with Gasteiger partial charge in [0.15, 0.2) is 0 Å². The van der Waals surface area contributed by atoms with Crippen LogP contribution in [-0.2, 0) is 4.74 Å². The zero-order valence-corrected chi connectivity index (χ0v) is 12.5. The molecule has 2 rings (SSSR count). The lowest BCUT2D eigenvalue weighted by Gasteiger charge is -2.40. The fraction of sp³-hybridized carbons (Fsp3) is 0.538. The second-order valence-electron chi connectivity index (χ2n) is 4.77. The van der Waals surface area contributed by atoms with Crippen molar-refractivity contribution < 1.29 is 9.84 Å². The maximum absolute atomic E-state index is 9.37. The Hall–Kier alpha value is 0.0700. The molecule has 1 N–H and O–H groups in total. The molecule has 0 saturated carbocycles. The molecule has 100 valence electrons. The van der Waals surface area contributed by atoms with Crippen molar-refractivity contribution in [3.05, 3.63) is 33.8 Å². The molecule has 1 aromatic carbocycles. The number of halogens is 2.